The smallest absolute Gasteiger partial charge is 0.410 e. The summed E-state index contributed by atoms with van der Waals surface area (Å²) in [6, 6.07) is 11.2. The minimum absolute atomic E-state index is 0.0444. The van der Waals surface area contributed by atoms with Crippen LogP contribution in [0.3, 0.4) is 0 Å². The quantitative estimate of drug-likeness (QED) is 0.104. The molecule has 0 radical (unpaired) electrons. The van der Waals surface area contributed by atoms with E-state index in [1.807, 2.05) is 63.6 Å². The number of rotatable bonds is 15. The summed E-state index contributed by atoms with van der Waals surface area (Å²) in [6.07, 6.45) is 6.63. The molecule has 4 aliphatic heterocycles. The normalized spacial score (nSPS) is 19.9. The van der Waals surface area contributed by atoms with Crippen LogP contribution < -0.4 is 19.9 Å². The molecule has 6 aromatic rings. The van der Waals surface area contributed by atoms with Gasteiger partial charge in [0.15, 0.2) is 15.7 Å². The fourth-order valence-electron chi connectivity index (χ4n) is 11.7. The highest BCUT2D eigenvalue weighted by molar-refractivity contribution is 7.92. The van der Waals surface area contributed by atoms with E-state index in [2.05, 4.69) is 75.8 Å². The minimum atomic E-state index is -3.86. The predicted octanol–water partition coefficient (Wildman–Crippen LogP) is 7.18. The number of nitrogens with zero attached hydrogens (tertiary/aromatic N) is 13. The number of hydrogen-bond acceptors (Lipinski definition) is 18. The molecule has 3 fully saturated rings. The molecule has 0 unspecified atom stereocenters. The lowest BCUT2D eigenvalue weighted by atomic mass is 9.91. The number of ether oxygens (including phenoxy) is 2. The summed E-state index contributed by atoms with van der Waals surface area (Å²) in [5, 5.41) is 11.1. The molecule has 86 heavy (non-hydrogen) atoms. The Morgan fingerprint density at radius 2 is 1.53 bits per heavy atom. The van der Waals surface area contributed by atoms with Crippen molar-refractivity contribution in [3.63, 3.8) is 0 Å². The number of aromatic amines is 1. The topological polar surface area (TPSA) is 232 Å². The van der Waals surface area contributed by atoms with Crippen molar-refractivity contribution in [3.05, 3.63) is 107 Å². The van der Waals surface area contributed by atoms with Crippen LogP contribution in [-0.4, -0.2) is 206 Å². The van der Waals surface area contributed by atoms with Gasteiger partial charge in [-0.25, -0.2) is 37.5 Å². The Kier molecular flexibility index (Phi) is 17.5. The lowest BCUT2D eigenvalue weighted by Crippen LogP contribution is -2.65. The maximum atomic E-state index is 14.7. The van der Waals surface area contributed by atoms with E-state index >= 15 is 0 Å². The summed E-state index contributed by atoms with van der Waals surface area (Å²) in [7, 11) is -3.86. The summed E-state index contributed by atoms with van der Waals surface area (Å²) < 4.78 is 53.0. The zero-order chi connectivity index (χ0) is 61.6. The van der Waals surface area contributed by atoms with Crippen LogP contribution in [0.5, 0.6) is 5.75 Å². The highest BCUT2D eigenvalue weighted by Gasteiger charge is 2.44. The molecule has 0 saturated carbocycles. The first-order chi connectivity index (χ1) is 40.6. The number of amides is 3. The van der Waals surface area contributed by atoms with Crippen LogP contribution in [0.1, 0.15) is 108 Å². The van der Waals surface area contributed by atoms with Gasteiger partial charge in [0.1, 0.15) is 40.8 Å². The van der Waals surface area contributed by atoms with E-state index < -0.39 is 20.2 Å². The summed E-state index contributed by atoms with van der Waals surface area (Å²) in [4.78, 5) is 80.0. The second-order valence-electron chi connectivity index (χ2n) is 26.1. The number of piperazine rings is 3. The second-order valence-corrected chi connectivity index (χ2v) is 28.8. The number of aromatic nitrogens is 7. The lowest BCUT2D eigenvalue weighted by Gasteiger charge is -2.48. The number of fused-ring (bicyclic) bond motifs is 2. The standard InChI is InChI=1S/C62H82FN15O7S/c1-39-32-75(22-21-74(39)34-47-35-77(59(81)85-60(5,6)7)40(2)33-76(47)36-53(79)78-37-62(11,12)54-50(78)26-44(29-64-54)25-43-13-15-46(63)16-14-43)57(80)45-30-65-58(66-31-45)73-19-17-72(18-20-73)23-24-84-51-28-49-48(27-52(51)86(82,83)61(8,9)10)56(68-38-67-49)69-55-41(3)42(4)70-71-55/h13-16,26-31,38-40,47H,17-25,32-37H2,1-12H3,(H2,67,68,69,70,71)/t39-,40-,47+/m1/s1. The maximum absolute atomic E-state index is 14.7. The van der Waals surface area contributed by atoms with Gasteiger partial charge in [-0.2, -0.15) is 5.10 Å². The Balaban J connectivity index is 0.743. The third-order valence-electron chi connectivity index (χ3n) is 16.9. The molecule has 2 aromatic carbocycles. The summed E-state index contributed by atoms with van der Waals surface area (Å²) in [6.45, 7) is 29.6. The Morgan fingerprint density at radius 1 is 0.814 bits per heavy atom. The molecule has 3 atom stereocenters. The molecular weight excluding hydrogens is 1120 g/mol. The Hall–Kier alpha value is -7.41. The number of aryl methyl sites for hydroxylation is 1. The van der Waals surface area contributed by atoms with E-state index in [-0.39, 0.29) is 71.1 Å². The number of nitrogens with one attached hydrogen (secondary N) is 2. The highest BCUT2D eigenvalue weighted by atomic mass is 32.2. The highest BCUT2D eigenvalue weighted by Crippen LogP contribution is 2.41. The number of carbonyl (C=O) groups is 3. The third kappa shape index (κ3) is 13.4. The summed E-state index contributed by atoms with van der Waals surface area (Å²) in [5.41, 5.74) is 5.20. The fraction of sp³-hybridized carbons (Fsp3) is 0.532. The van der Waals surface area contributed by atoms with Crippen LogP contribution in [0, 0.1) is 19.7 Å². The number of halogens is 1. The molecule has 4 aromatic heterocycles. The van der Waals surface area contributed by atoms with Crippen molar-refractivity contribution in [3.8, 4) is 5.75 Å². The average molecular weight is 1200 g/mol. The number of H-pyrrole nitrogens is 1. The summed E-state index contributed by atoms with van der Waals surface area (Å²) in [5.74, 6) is 1.27. The van der Waals surface area contributed by atoms with E-state index in [9.17, 15) is 27.2 Å². The maximum Gasteiger partial charge on any atom is 0.410 e. The molecule has 0 aliphatic carbocycles. The monoisotopic (exact) mass is 1200 g/mol. The molecule has 24 heteroatoms. The van der Waals surface area contributed by atoms with Gasteiger partial charge in [0.25, 0.3) is 5.91 Å². The van der Waals surface area contributed by atoms with E-state index in [0.717, 1.165) is 33.8 Å². The molecule has 22 nitrogen and oxygen atoms in total. The molecule has 8 heterocycles. The van der Waals surface area contributed by atoms with E-state index in [4.69, 9.17) is 14.5 Å². The second kappa shape index (κ2) is 24.4. The number of carbonyl (C=O) groups excluding carboxylic acids is 3. The van der Waals surface area contributed by atoms with E-state index in [0.29, 0.717) is 119 Å². The minimum Gasteiger partial charge on any atom is -0.491 e. The molecule has 3 saturated heterocycles. The van der Waals surface area contributed by atoms with E-state index in [1.54, 1.807) is 62.3 Å². The zero-order valence-electron chi connectivity index (χ0n) is 51.6. The number of pyridine rings is 1. The van der Waals surface area contributed by atoms with Gasteiger partial charge in [-0.3, -0.25) is 34.4 Å². The van der Waals surface area contributed by atoms with Crippen molar-refractivity contribution < 1.29 is 36.7 Å². The zero-order valence-corrected chi connectivity index (χ0v) is 52.5. The first-order valence-electron chi connectivity index (χ1n) is 29.7. The molecule has 0 spiro atoms. The SMILES string of the molecule is Cc1[nH]nc(Nc2ncnc3cc(OCCN4CCN(c5ncc(C(=O)N6CCN(C[C@H]7CN(C(=O)OC(C)(C)C)[C@H](C)CN7CC(=O)N7CC(C)(C)c8ncc(Cc9ccc(F)cc9)cc87)[C@H](C)C6)cn5)CC4)c(S(=O)(=O)C(C)(C)C)cc23)c1C. The average Bonchev–Trinajstić information content (AvgIpc) is 1.57. The Morgan fingerprint density at radius 3 is 2.20 bits per heavy atom. The number of benzene rings is 2. The van der Waals surface area contributed by atoms with Gasteiger partial charge in [0, 0.05) is 143 Å². The molecule has 2 N–H and O–H groups in total. The molecule has 460 valence electrons. The third-order valence-corrected chi connectivity index (χ3v) is 19.5. The van der Waals surface area contributed by atoms with Crippen LogP contribution in [0.2, 0.25) is 0 Å². The molecule has 3 amide bonds. The van der Waals surface area contributed by atoms with Crippen molar-refractivity contribution in [2.45, 2.75) is 128 Å². The largest absolute Gasteiger partial charge is 0.491 e. The first-order valence-corrected chi connectivity index (χ1v) is 31.2. The van der Waals surface area contributed by atoms with Crippen LogP contribution in [0.25, 0.3) is 10.9 Å². The van der Waals surface area contributed by atoms with Gasteiger partial charge in [-0.05, 0) is 111 Å². The summed E-state index contributed by atoms with van der Waals surface area (Å²) >= 11 is 0. The van der Waals surface area contributed by atoms with Gasteiger partial charge in [0.2, 0.25) is 11.9 Å². The fourth-order valence-corrected chi connectivity index (χ4v) is 13.1. The van der Waals surface area contributed by atoms with Gasteiger partial charge in [-0.1, -0.05) is 26.0 Å². The lowest BCUT2D eigenvalue weighted by molar-refractivity contribution is -0.121. The van der Waals surface area contributed by atoms with Crippen molar-refractivity contribution >= 4 is 61.9 Å². The van der Waals surface area contributed by atoms with Gasteiger partial charge in [0.05, 0.1) is 33.8 Å². The molecule has 0 bridgehead atoms. The Labute approximate surface area is 503 Å². The molecule has 10 rings (SSSR count). The predicted molar refractivity (Wildman–Crippen MR) is 328 cm³/mol. The molecule has 4 aliphatic rings. The van der Waals surface area contributed by atoms with Gasteiger partial charge < -0.3 is 34.4 Å². The van der Waals surface area contributed by atoms with Crippen LogP contribution in [-0.2, 0) is 31.2 Å². The van der Waals surface area contributed by atoms with Crippen molar-refractivity contribution in [2.24, 2.45) is 0 Å². The van der Waals surface area contributed by atoms with Crippen molar-refractivity contribution in [1.29, 1.82) is 0 Å². The van der Waals surface area contributed by atoms with Crippen LogP contribution in [0.4, 0.5) is 32.5 Å². The van der Waals surface area contributed by atoms with Gasteiger partial charge in [-0.15, -0.1) is 0 Å². The molecular formula is C62H82FN15O7S. The van der Waals surface area contributed by atoms with Crippen LogP contribution in [0.15, 0.2) is 72.3 Å². The number of hydrogen-bond donors (Lipinski definition) is 2. The number of sulfone groups is 1. The first kappa shape index (κ1) is 61.7. The van der Waals surface area contributed by atoms with E-state index in [1.165, 1.54) is 18.5 Å². The van der Waals surface area contributed by atoms with Crippen molar-refractivity contribution in [2.75, 3.05) is 107 Å². The Bertz CT molecular complexity index is 3580. The van der Waals surface area contributed by atoms with Crippen LogP contribution >= 0.6 is 0 Å². The number of anilines is 4. The van der Waals surface area contributed by atoms with Crippen molar-refractivity contribution in [1.82, 2.24) is 59.6 Å². The van der Waals surface area contributed by atoms with Gasteiger partial charge >= 0.3 is 6.09 Å².